The summed E-state index contributed by atoms with van der Waals surface area (Å²) in [7, 11) is 0. The smallest absolute Gasteiger partial charge is 0.410 e. The highest BCUT2D eigenvalue weighted by Gasteiger charge is 2.33. The number of carbonyl (C=O) groups excluding carboxylic acids is 1. The summed E-state index contributed by atoms with van der Waals surface area (Å²) < 4.78 is 5.14. The minimum absolute atomic E-state index is 0.260. The number of rotatable bonds is 0. The minimum Gasteiger partial charge on any atom is -0.444 e. The lowest BCUT2D eigenvalue weighted by Crippen LogP contribution is -2.36. The van der Waals surface area contributed by atoms with E-state index in [4.69, 9.17) is 10.5 Å². The molecule has 0 bridgehead atoms. The molecule has 0 aromatic rings. The Balaban J connectivity index is 2.48. The number of hydrogen-bond donors (Lipinski definition) is 2. The first-order chi connectivity index (χ1) is 6.29. The largest absolute Gasteiger partial charge is 0.444 e. The highest BCUT2D eigenvalue weighted by Crippen LogP contribution is 2.14. The maximum atomic E-state index is 11.5. The van der Waals surface area contributed by atoms with Gasteiger partial charge in [0.15, 0.2) is 0 Å². The SMILES string of the molecule is CC(C)(C)OC(=O)N1CC(O)[C@@H](N)C1. The zero-order valence-electron chi connectivity index (χ0n) is 8.86. The van der Waals surface area contributed by atoms with E-state index in [0.29, 0.717) is 6.54 Å². The molecule has 1 heterocycles. The van der Waals surface area contributed by atoms with E-state index in [2.05, 4.69) is 0 Å². The predicted octanol–water partition coefficient (Wildman–Crippen LogP) is -0.0747. The average Bonchev–Trinajstić information content (AvgIpc) is 2.28. The van der Waals surface area contributed by atoms with Crippen LogP contribution >= 0.6 is 0 Å². The molecule has 2 atom stereocenters. The van der Waals surface area contributed by atoms with Crippen molar-refractivity contribution < 1.29 is 14.6 Å². The van der Waals surface area contributed by atoms with Gasteiger partial charge >= 0.3 is 6.09 Å². The zero-order chi connectivity index (χ0) is 10.9. The van der Waals surface area contributed by atoms with Crippen molar-refractivity contribution in [1.82, 2.24) is 4.90 Å². The van der Waals surface area contributed by atoms with Gasteiger partial charge in [-0.25, -0.2) is 4.79 Å². The summed E-state index contributed by atoms with van der Waals surface area (Å²) in [4.78, 5) is 12.9. The monoisotopic (exact) mass is 202 g/mol. The summed E-state index contributed by atoms with van der Waals surface area (Å²) >= 11 is 0. The Morgan fingerprint density at radius 3 is 2.43 bits per heavy atom. The standard InChI is InChI=1S/C9H18N2O3/c1-9(2,3)14-8(13)11-4-6(10)7(12)5-11/h6-7,12H,4-5,10H2,1-3H3/t6-,7?/m0/s1. The molecule has 82 valence electrons. The van der Waals surface area contributed by atoms with Crippen LogP contribution in [0.1, 0.15) is 20.8 Å². The molecule has 0 spiro atoms. The van der Waals surface area contributed by atoms with E-state index in [9.17, 15) is 9.90 Å². The van der Waals surface area contributed by atoms with Crippen molar-refractivity contribution in [2.75, 3.05) is 13.1 Å². The van der Waals surface area contributed by atoms with Crippen LogP contribution in [-0.4, -0.2) is 46.9 Å². The van der Waals surface area contributed by atoms with E-state index < -0.39 is 17.8 Å². The van der Waals surface area contributed by atoms with Crippen LogP contribution < -0.4 is 5.73 Å². The molecule has 0 saturated carbocycles. The van der Waals surface area contributed by atoms with Crippen LogP contribution in [0.5, 0.6) is 0 Å². The number of aliphatic hydroxyl groups excluding tert-OH is 1. The second-order valence-corrected chi connectivity index (χ2v) is 4.62. The van der Waals surface area contributed by atoms with Gasteiger partial charge in [0.1, 0.15) is 5.60 Å². The maximum Gasteiger partial charge on any atom is 0.410 e. The second kappa shape index (κ2) is 3.74. The van der Waals surface area contributed by atoms with Crippen molar-refractivity contribution in [3.8, 4) is 0 Å². The van der Waals surface area contributed by atoms with Gasteiger partial charge < -0.3 is 20.5 Å². The summed E-state index contributed by atoms with van der Waals surface area (Å²) in [6.45, 7) is 6.03. The molecule has 0 aromatic heterocycles. The van der Waals surface area contributed by atoms with Gasteiger partial charge in [0.2, 0.25) is 0 Å². The fourth-order valence-electron chi connectivity index (χ4n) is 1.29. The maximum absolute atomic E-state index is 11.5. The van der Waals surface area contributed by atoms with Gasteiger partial charge in [0.25, 0.3) is 0 Å². The minimum atomic E-state index is -0.637. The molecule has 5 nitrogen and oxygen atoms in total. The molecule has 0 radical (unpaired) electrons. The fraction of sp³-hybridized carbons (Fsp3) is 0.889. The van der Waals surface area contributed by atoms with Gasteiger partial charge in [0, 0.05) is 6.54 Å². The lowest BCUT2D eigenvalue weighted by atomic mass is 10.2. The molecule has 1 saturated heterocycles. The molecule has 5 heteroatoms. The number of likely N-dealkylation sites (tertiary alicyclic amines) is 1. The van der Waals surface area contributed by atoms with Gasteiger partial charge in [-0.3, -0.25) is 0 Å². The molecule has 1 aliphatic heterocycles. The van der Waals surface area contributed by atoms with Crippen LogP contribution in [0.4, 0.5) is 4.79 Å². The lowest BCUT2D eigenvalue weighted by Gasteiger charge is -2.24. The molecular weight excluding hydrogens is 184 g/mol. The molecule has 1 rings (SSSR count). The summed E-state index contributed by atoms with van der Waals surface area (Å²) in [5.41, 5.74) is 5.07. The van der Waals surface area contributed by atoms with E-state index in [0.717, 1.165) is 0 Å². The number of carbonyl (C=O) groups is 1. The van der Waals surface area contributed by atoms with Crippen LogP contribution in [0.2, 0.25) is 0 Å². The molecule has 0 aromatic carbocycles. The predicted molar refractivity (Wildman–Crippen MR) is 51.8 cm³/mol. The van der Waals surface area contributed by atoms with Crippen molar-refractivity contribution >= 4 is 6.09 Å². The number of aliphatic hydroxyl groups is 1. The van der Waals surface area contributed by atoms with Gasteiger partial charge in [-0.05, 0) is 20.8 Å². The van der Waals surface area contributed by atoms with E-state index >= 15 is 0 Å². The highest BCUT2D eigenvalue weighted by atomic mass is 16.6. The summed E-state index contributed by atoms with van der Waals surface area (Å²) in [6, 6.07) is -0.359. The van der Waals surface area contributed by atoms with E-state index in [-0.39, 0.29) is 12.6 Å². The topological polar surface area (TPSA) is 75.8 Å². The number of nitrogens with two attached hydrogens (primary N) is 1. The molecule has 14 heavy (non-hydrogen) atoms. The van der Waals surface area contributed by atoms with Crippen LogP contribution in [-0.2, 0) is 4.74 Å². The quantitative estimate of drug-likeness (QED) is 0.576. The van der Waals surface area contributed by atoms with Crippen LogP contribution in [0.25, 0.3) is 0 Å². The molecule has 3 N–H and O–H groups in total. The van der Waals surface area contributed by atoms with Crippen LogP contribution in [0.3, 0.4) is 0 Å². The third-order valence-corrected chi connectivity index (χ3v) is 1.98. The third kappa shape index (κ3) is 2.85. The lowest BCUT2D eigenvalue weighted by molar-refractivity contribution is 0.0270. The van der Waals surface area contributed by atoms with E-state index in [1.807, 2.05) is 0 Å². The average molecular weight is 202 g/mol. The normalized spacial score (nSPS) is 27.9. The first-order valence-corrected chi connectivity index (χ1v) is 4.71. The first-order valence-electron chi connectivity index (χ1n) is 4.71. The highest BCUT2D eigenvalue weighted by molar-refractivity contribution is 5.68. The van der Waals surface area contributed by atoms with E-state index in [1.54, 1.807) is 20.8 Å². The Bertz CT molecular complexity index is 215. The van der Waals surface area contributed by atoms with Gasteiger partial charge in [0.05, 0.1) is 18.7 Å². The summed E-state index contributed by atoms with van der Waals surface area (Å²) in [5, 5.41) is 9.34. The Hall–Kier alpha value is -0.810. The van der Waals surface area contributed by atoms with Crippen LogP contribution in [0.15, 0.2) is 0 Å². The van der Waals surface area contributed by atoms with Gasteiger partial charge in [-0.1, -0.05) is 0 Å². The van der Waals surface area contributed by atoms with Crippen molar-refractivity contribution in [3.63, 3.8) is 0 Å². The van der Waals surface area contributed by atoms with Crippen molar-refractivity contribution in [3.05, 3.63) is 0 Å². The number of β-amino-alcohol motifs (C(OH)–C–C–N with tert-alkyl or cyclic N) is 1. The number of hydrogen-bond acceptors (Lipinski definition) is 4. The number of ether oxygens (including phenoxy) is 1. The Kier molecular flexibility index (Phi) is 3.01. The summed E-state index contributed by atoms with van der Waals surface area (Å²) in [5.74, 6) is 0. The first kappa shape index (κ1) is 11.3. The Morgan fingerprint density at radius 1 is 1.50 bits per heavy atom. The van der Waals surface area contributed by atoms with Crippen LogP contribution in [0, 0.1) is 0 Å². The number of amides is 1. The Labute approximate surface area is 83.8 Å². The molecule has 1 amide bonds. The van der Waals surface area contributed by atoms with Gasteiger partial charge in [-0.15, -0.1) is 0 Å². The van der Waals surface area contributed by atoms with Gasteiger partial charge in [-0.2, -0.15) is 0 Å². The molecule has 1 unspecified atom stereocenters. The third-order valence-electron chi connectivity index (χ3n) is 1.98. The molecule has 1 fully saturated rings. The molecular formula is C9H18N2O3. The Morgan fingerprint density at radius 2 is 2.07 bits per heavy atom. The zero-order valence-corrected chi connectivity index (χ0v) is 8.86. The van der Waals surface area contributed by atoms with Crippen molar-refractivity contribution in [2.24, 2.45) is 5.73 Å². The van der Waals surface area contributed by atoms with Crippen molar-refractivity contribution in [1.29, 1.82) is 0 Å². The molecule has 0 aliphatic carbocycles. The van der Waals surface area contributed by atoms with E-state index in [1.165, 1.54) is 4.90 Å². The number of nitrogens with zero attached hydrogens (tertiary/aromatic N) is 1. The fourth-order valence-corrected chi connectivity index (χ4v) is 1.29. The molecule has 1 aliphatic rings. The second-order valence-electron chi connectivity index (χ2n) is 4.62. The summed E-state index contributed by atoms with van der Waals surface area (Å²) in [6.07, 6.45) is -1.05. The van der Waals surface area contributed by atoms with Crippen molar-refractivity contribution in [2.45, 2.75) is 38.5 Å².